The Morgan fingerprint density at radius 1 is 0.217 bits per heavy atom. The quantitative estimate of drug-likeness (QED) is 0.160. The molecule has 4 aromatic heterocycles. The van der Waals surface area contributed by atoms with Crippen molar-refractivity contribution >= 4 is 65.4 Å². The van der Waals surface area contributed by atoms with Crippen LogP contribution in [0.4, 0.5) is 0 Å². The van der Waals surface area contributed by atoms with Gasteiger partial charge in [-0.3, -0.25) is 0 Å². The highest BCUT2D eigenvalue weighted by Crippen LogP contribution is 2.41. The first-order chi connectivity index (χ1) is 34.2. The third-order valence-corrected chi connectivity index (χ3v) is 13.7. The van der Waals surface area contributed by atoms with E-state index in [0.717, 1.165) is 66.9 Å². The second kappa shape index (κ2) is 15.6. The first kappa shape index (κ1) is 38.8. The molecule has 0 atom stereocenters. The predicted molar refractivity (Wildman–Crippen MR) is 285 cm³/mol. The van der Waals surface area contributed by atoms with Gasteiger partial charge in [-0.15, -0.1) is 0 Å². The molecule has 14 aromatic rings. The van der Waals surface area contributed by atoms with E-state index < -0.39 is 0 Å². The summed E-state index contributed by atoms with van der Waals surface area (Å²) in [4.78, 5) is 15.0. The Morgan fingerprint density at radius 3 is 1.03 bits per heavy atom. The summed E-state index contributed by atoms with van der Waals surface area (Å²) in [5.74, 6) is 1.91. The lowest BCUT2D eigenvalue weighted by Gasteiger charge is -2.19. The molecule has 0 unspecified atom stereocenters. The first-order valence-corrected chi connectivity index (χ1v) is 23.4. The molecule has 0 amide bonds. The largest absolute Gasteiger partial charge is 0.309 e. The van der Waals surface area contributed by atoms with Crippen LogP contribution < -0.4 is 0 Å². The van der Waals surface area contributed by atoms with Crippen LogP contribution in [-0.4, -0.2) is 28.7 Å². The molecule has 0 fully saturated rings. The van der Waals surface area contributed by atoms with Crippen molar-refractivity contribution in [3.63, 3.8) is 0 Å². The Morgan fingerprint density at radius 2 is 0.565 bits per heavy atom. The summed E-state index contributed by atoms with van der Waals surface area (Å²) in [6, 6.07) is 86.6. The summed E-state index contributed by atoms with van der Waals surface area (Å²) in [5, 5.41) is 7.32. The van der Waals surface area contributed by atoms with E-state index in [1.807, 2.05) is 60.7 Å². The van der Waals surface area contributed by atoms with Gasteiger partial charge in [0.2, 0.25) is 0 Å². The number of nitrogens with zero attached hydrogens (tertiary/aromatic N) is 6. The molecule has 10 aromatic carbocycles. The molecule has 14 rings (SSSR count). The normalized spacial score (nSPS) is 11.8. The first-order valence-electron chi connectivity index (χ1n) is 23.4. The zero-order chi connectivity index (χ0) is 45.4. The Kier molecular flexibility index (Phi) is 8.79. The van der Waals surface area contributed by atoms with Crippen LogP contribution in [-0.2, 0) is 0 Å². The monoisotopic (exact) mass is 880 g/mol. The lowest BCUT2D eigenvalue weighted by Crippen LogP contribution is -2.04. The van der Waals surface area contributed by atoms with Crippen molar-refractivity contribution in [3.8, 4) is 62.4 Å². The van der Waals surface area contributed by atoms with Crippen molar-refractivity contribution in [2.75, 3.05) is 0 Å². The van der Waals surface area contributed by atoms with E-state index >= 15 is 0 Å². The van der Waals surface area contributed by atoms with Crippen LogP contribution in [0.15, 0.2) is 243 Å². The number of benzene rings is 10. The van der Waals surface area contributed by atoms with Gasteiger partial charge in [0.05, 0.1) is 44.5 Å². The summed E-state index contributed by atoms with van der Waals surface area (Å²) in [5.41, 5.74) is 15.2. The van der Waals surface area contributed by atoms with Gasteiger partial charge in [0.25, 0.3) is 0 Å². The third kappa shape index (κ3) is 6.23. The van der Waals surface area contributed by atoms with E-state index in [4.69, 9.17) is 15.0 Å². The maximum Gasteiger partial charge on any atom is 0.164 e. The summed E-state index contributed by atoms with van der Waals surface area (Å²) < 4.78 is 7.34. The summed E-state index contributed by atoms with van der Waals surface area (Å²) in [6.45, 7) is 0. The predicted octanol–water partition coefficient (Wildman–Crippen LogP) is 15.8. The minimum absolute atomic E-state index is 0.626. The molecular formula is C63H40N6. The molecule has 0 bridgehead atoms. The highest BCUT2D eigenvalue weighted by Gasteiger charge is 2.22. The average molecular weight is 881 g/mol. The van der Waals surface area contributed by atoms with Crippen LogP contribution in [0.2, 0.25) is 0 Å². The maximum atomic E-state index is 5.03. The van der Waals surface area contributed by atoms with E-state index in [1.165, 1.54) is 43.4 Å². The molecule has 0 radical (unpaired) electrons. The van der Waals surface area contributed by atoms with Gasteiger partial charge in [0.15, 0.2) is 17.5 Å². The SMILES string of the molecule is c1ccc(-c2nc(-c3ccccc3)nc(-c3ccc(-c4ccc(-n5c6ccccc6c6ccccc65)c(-n5c6ccccc6c6ccc(-n7c8ccccc8c8ccccc87)cc65)c4)cc3)n2)cc1. The number of fused-ring (bicyclic) bond motifs is 9. The minimum atomic E-state index is 0.626. The van der Waals surface area contributed by atoms with Gasteiger partial charge in [-0.25, -0.2) is 15.0 Å². The zero-order valence-corrected chi connectivity index (χ0v) is 37.3. The highest BCUT2D eigenvalue weighted by molar-refractivity contribution is 6.13. The van der Waals surface area contributed by atoms with E-state index in [2.05, 4.69) is 196 Å². The Hall–Kier alpha value is -9.39. The van der Waals surface area contributed by atoms with Gasteiger partial charge in [0.1, 0.15) is 0 Å². The van der Waals surface area contributed by atoms with Crippen LogP contribution in [0.5, 0.6) is 0 Å². The van der Waals surface area contributed by atoms with Crippen molar-refractivity contribution in [1.82, 2.24) is 28.7 Å². The second-order valence-corrected chi connectivity index (χ2v) is 17.6. The lowest BCUT2D eigenvalue weighted by atomic mass is 10.0. The van der Waals surface area contributed by atoms with Crippen molar-refractivity contribution in [1.29, 1.82) is 0 Å². The van der Waals surface area contributed by atoms with E-state index in [1.54, 1.807) is 0 Å². The van der Waals surface area contributed by atoms with Crippen molar-refractivity contribution < 1.29 is 0 Å². The summed E-state index contributed by atoms with van der Waals surface area (Å²) >= 11 is 0. The van der Waals surface area contributed by atoms with Crippen LogP contribution in [0, 0.1) is 0 Å². The summed E-state index contributed by atoms with van der Waals surface area (Å²) in [6.07, 6.45) is 0. The number of hydrogen-bond acceptors (Lipinski definition) is 3. The third-order valence-electron chi connectivity index (χ3n) is 13.7. The standard InChI is InChI=1S/C63H40N6/c1-3-17-42(18-4-1)61-64-62(43-19-5-2-6-20-43)66-63(65-61)44-33-31-41(32-34-44)45-35-38-58(68-55-28-14-9-23-49(55)50-24-10-15-29-56(50)68)60(39-45)69-57-30-16-11-25-51(57)52-37-36-46(40-59(52)69)67-53-26-12-7-21-47(53)48-22-8-13-27-54(48)67/h1-40H. The molecule has 4 heterocycles. The van der Waals surface area contributed by atoms with Crippen molar-refractivity contribution in [3.05, 3.63) is 243 Å². The van der Waals surface area contributed by atoms with Gasteiger partial charge >= 0.3 is 0 Å². The van der Waals surface area contributed by atoms with Crippen LogP contribution >= 0.6 is 0 Å². The molecule has 6 nitrogen and oxygen atoms in total. The van der Waals surface area contributed by atoms with Crippen LogP contribution in [0.3, 0.4) is 0 Å². The van der Waals surface area contributed by atoms with Crippen LogP contribution in [0.1, 0.15) is 0 Å². The van der Waals surface area contributed by atoms with Gasteiger partial charge in [-0.1, -0.05) is 188 Å². The molecule has 0 spiro atoms. The number of aromatic nitrogens is 6. The maximum absolute atomic E-state index is 5.03. The molecule has 0 aliphatic carbocycles. The fraction of sp³-hybridized carbons (Fsp3) is 0. The number of para-hydroxylation sites is 5. The fourth-order valence-corrected chi connectivity index (χ4v) is 10.6. The molecule has 0 saturated heterocycles. The van der Waals surface area contributed by atoms with E-state index in [-0.39, 0.29) is 0 Å². The molecule has 0 aliphatic rings. The Balaban J connectivity index is 0.992. The molecule has 0 aliphatic heterocycles. The number of hydrogen-bond donors (Lipinski definition) is 0. The van der Waals surface area contributed by atoms with Crippen molar-refractivity contribution in [2.24, 2.45) is 0 Å². The molecule has 0 saturated carbocycles. The minimum Gasteiger partial charge on any atom is -0.309 e. The molecule has 6 heteroatoms. The fourth-order valence-electron chi connectivity index (χ4n) is 10.6. The average Bonchev–Trinajstić information content (AvgIpc) is 4.07. The molecule has 0 N–H and O–H groups in total. The lowest BCUT2D eigenvalue weighted by molar-refractivity contribution is 1.07. The van der Waals surface area contributed by atoms with Gasteiger partial charge in [-0.2, -0.15) is 0 Å². The highest BCUT2D eigenvalue weighted by atomic mass is 15.1. The van der Waals surface area contributed by atoms with E-state index in [0.29, 0.717) is 17.5 Å². The zero-order valence-electron chi connectivity index (χ0n) is 37.3. The van der Waals surface area contributed by atoms with Crippen LogP contribution in [0.25, 0.3) is 128 Å². The van der Waals surface area contributed by atoms with Crippen molar-refractivity contribution in [2.45, 2.75) is 0 Å². The molecule has 69 heavy (non-hydrogen) atoms. The van der Waals surface area contributed by atoms with Gasteiger partial charge < -0.3 is 13.7 Å². The number of rotatable bonds is 7. The summed E-state index contributed by atoms with van der Waals surface area (Å²) in [7, 11) is 0. The molecule has 322 valence electrons. The van der Waals surface area contributed by atoms with Gasteiger partial charge in [0, 0.05) is 54.7 Å². The Labute approximate surface area is 397 Å². The topological polar surface area (TPSA) is 53.5 Å². The van der Waals surface area contributed by atoms with E-state index in [9.17, 15) is 0 Å². The smallest absolute Gasteiger partial charge is 0.164 e. The van der Waals surface area contributed by atoms with Gasteiger partial charge in [-0.05, 0) is 65.7 Å². The second-order valence-electron chi connectivity index (χ2n) is 17.6. The Bertz CT molecular complexity index is 4130. The molecular weight excluding hydrogens is 841 g/mol.